The minimum Gasteiger partial charge on any atom is -0.351 e. The van der Waals surface area contributed by atoms with Gasteiger partial charge in [0.2, 0.25) is 0 Å². The van der Waals surface area contributed by atoms with E-state index in [1.54, 1.807) is 0 Å². The molecule has 0 bridgehead atoms. The first-order valence-electron chi connectivity index (χ1n) is 5.66. The van der Waals surface area contributed by atoms with Gasteiger partial charge in [0, 0.05) is 33.4 Å². The van der Waals surface area contributed by atoms with Gasteiger partial charge in [-0.15, -0.1) is 0 Å². The third kappa shape index (κ3) is 1.91. The van der Waals surface area contributed by atoms with Gasteiger partial charge >= 0.3 is 0 Å². The molecule has 0 spiro atoms. The van der Waals surface area contributed by atoms with Crippen LogP contribution in [0.3, 0.4) is 0 Å². The predicted molar refractivity (Wildman–Crippen MR) is 84.7 cm³/mol. The van der Waals surface area contributed by atoms with Gasteiger partial charge in [0.05, 0.1) is 0 Å². The van der Waals surface area contributed by atoms with E-state index in [0.29, 0.717) is 0 Å². The molecule has 1 heterocycles. The van der Waals surface area contributed by atoms with E-state index >= 15 is 0 Å². The Labute approximate surface area is 123 Å². The lowest BCUT2D eigenvalue weighted by atomic mass is 9.99. The minimum atomic E-state index is 1.10. The molecule has 0 atom stereocenters. The average Bonchev–Trinajstić information content (AvgIpc) is 2.49. The van der Waals surface area contributed by atoms with Crippen LogP contribution in [0.2, 0.25) is 0 Å². The summed E-state index contributed by atoms with van der Waals surface area (Å²) in [6.45, 7) is 0. The zero-order valence-corrected chi connectivity index (χ0v) is 13.0. The molecule has 0 amide bonds. The number of anilines is 1. The molecule has 3 heteroatoms. The highest BCUT2D eigenvalue weighted by molar-refractivity contribution is 9.10. The highest BCUT2D eigenvalue weighted by Gasteiger charge is 2.15. The molecule has 1 aliphatic heterocycles. The van der Waals surface area contributed by atoms with Crippen LogP contribution in [-0.2, 0) is 0 Å². The van der Waals surface area contributed by atoms with Gasteiger partial charge in [0.25, 0.3) is 0 Å². The number of halogens is 2. The van der Waals surface area contributed by atoms with Crippen molar-refractivity contribution in [2.24, 2.45) is 0 Å². The number of hydrogen-bond acceptors (Lipinski definition) is 1. The fourth-order valence-electron chi connectivity index (χ4n) is 2.24. The molecule has 0 saturated heterocycles. The largest absolute Gasteiger partial charge is 0.351 e. The molecule has 90 valence electrons. The van der Waals surface area contributed by atoms with Gasteiger partial charge < -0.3 is 4.90 Å². The first kappa shape index (κ1) is 12.0. The van der Waals surface area contributed by atoms with E-state index < -0.39 is 0 Å². The van der Waals surface area contributed by atoms with Crippen LogP contribution in [0, 0.1) is 0 Å². The summed E-state index contributed by atoms with van der Waals surface area (Å²) in [6, 6.07) is 12.7. The molecular formula is C15H11Br2N. The SMILES string of the molecule is CN1C=Cc2c(Br)cccc2-c2cc(Br)ccc21. The van der Waals surface area contributed by atoms with Gasteiger partial charge in [-0.25, -0.2) is 0 Å². The molecule has 0 N–H and O–H groups in total. The van der Waals surface area contributed by atoms with Gasteiger partial charge in [-0.2, -0.15) is 0 Å². The van der Waals surface area contributed by atoms with Crippen molar-refractivity contribution in [2.45, 2.75) is 0 Å². The molecule has 0 radical (unpaired) electrons. The monoisotopic (exact) mass is 363 g/mol. The molecule has 2 aromatic rings. The lowest BCUT2D eigenvalue weighted by Crippen LogP contribution is -2.07. The Morgan fingerprint density at radius 2 is 1.83 bits per heavy atom. The maximum Gasteiger partial charge on any atom is 0.0484 e. The van der Waals surface area contributed by atoms with Gasteiger partial charge in [-0.1, -0.05) is 44.0 Å². The highest BCUT2D eigenvalue weighted by Crippen LogP contribution is 2.40. The first-order chi connectivity index (χ1) is 8.66. The Bertz CT molecular complexity index is 647. The normalized spacial score (nSPS) is 12.9. The van der Waals surface area contributed by atoms with E-state index in [4.69, 9.17) is 0 Å². The Hall–Kier alpha value is -1.06. The topological polar surface area (TPSA) is 3.24 Å². The van der Waals surface area contributed by atoms with E-state index in [1.165, 1.54) is 22.4 Å². The maximum absolute atomic E-state index is 3.63. The quantitative estimate of drug-likeness (QED) is 0.613. The van der Waals surface area contributed by atoms with Crippen molar-refractivity contribution in [1.29, 1.82) is 0 Å². The Kier molecular flexibility index (Phi) is 3.04. The van der Waals surface area contributed by atoms with Crippen molar-refractivity contribution >= 4 is 43.6 Å². The fourth-order valence-corrected chi connectivity index (χ4v) is 3.10. The van der Waals surface area contributed by atoms with Crippen LogP contribution in [0.1, 0.15) is 5.56 Å². The third-order valence-electron chi connectivity index (χ3n) is 3.15. The van der Waals surface area contributed by atoms with Crippen molar-refractivity contribution in [1.82, 2.24) is 0 Å². The molecule has 0 fully saturated rings. The minimum absolute atomic E-state index is 1.10. The van der Waals surface area contributed by atoms with Crippen molar-refractivity contribution in [3.8, 4) is 11.1 Å². The van der Waals surface area contributed by atoms with Crippen molar-refractivity contribution in [2.75, 3.05) is 11.9 Å². The number of benzene rings is 2. The summed E-state index contributed by atoms with van der Waals surface area (Å²) in [5, 5.41) is 0. The van der Waals surface area contributed by atoms with Crippen molar-refractivity contribution < 1.29 is 0 Å². The van der Waals surface area contributed by atoms with Gasteiger partial charge in [-0.05, 0) is 41.5 Å². The second-order valence-corrected chi connectivity index (χ2v) is 6.06. The molecule has 2 aromatic carbocycles. The van der Waals surface area contributed by atoms with Gasteiger partial charge in [0.15, 0.2) is 0 Å². The summed E-state index contributed by atoms with van der Waals surface area (Å²) in [5.41, 5.74) is 4.93. The van der Waals surface area contributed by atoms with Crippen molar-refractivity contribution in [3.63, 3.8) is 0 Å². The molecule has 0 unspecified atom stereocenters. The van der Waals surface area contributed by atoms with Crippen LogP contribution in [0.25, 0.3) is 17.2 Å². The lowest BCUT2D eigenvalue weighted by Gasteiger charge is -2.17. The summed E-state index contributed by atoms with van der Waals surface area (Å²) in [4.78, 5) is 2.15. The van der Waals surface area contributed by atoms with Crippen LogP contribution < -0.4 is 4.90 Å². The fraction of sp³-hybridized carbons (Fsp3) is 0.0667. The summed E-state index contributed by atoms with van der Waals surface area (Å²) in [7, 11) is 2.07. The zero-order valence-electron chi connectivity index (χ0n) is 9.82. The highest BCUT2D eigenvalue weighted by atomic mass is 79.9. The molecular weight excluding hydrogens is 354 g/mol. The summed E-state index contributed by atoms with van der Waals surface area (Å²) >= 11 is 7.18. The number of hydrogen-bond donors (Lipinski definition) is 0. The van der Waals surface area contributed by atoms with Crippen LogP contribution in [0.5, 0.6) is 0 Å². The molecule has 0 saturated carbocycles. The maximum atomic E-state index is 3.63. The Balaban J connectivity index is 2.37. The van der Waals surface area contributed by atoms with E-state index in [1.807, 2.05) is 0 Å². The van der Waals surface area contributed by atoms with E-state index in [2.05, 4.69) is 92.5 Å². The van der Waals surface area contributed by atoms with E-state index in [9.17, 15) is 0 Å². The molecule has 1 nitrogen and oxygen atoms in total. The molecule has 1 aliphatic rings. The smallest absolute Gasteiger partial charge is 0.0484 e. The Morgan fingerprint density at radius 3 is 2.67 bits per heavy atom. The number of fused-ring (bicyclic) bond motifs is 3. The first-order valence-corrected chi connectivity index (χ1v) is 7.25. The number of rotatable bonds is 0. The van der Waals surface area contributed by atoms with Crippen LogP contribution in [0.15, 0.2) is 51.5 Å². The molecule has 0 aliphatic carbocycles. The third-order valence-corrected chi connectivity index (χ3v) is 4.33. The second-order valence-electron chi connectivity index (χ2n) is 4.29. The van der Waals surface area contributed by atoms with E-state index in [0.717, 1.165) is 8.95 Å². The van der Waals surface area contributed by atoms with Crippen LogP contribution >= 0.6 is 31.9 Å². The van der Waals surface area contributed by atoms with Gasteiger partial charge in [0.1, 0.15) is 0 Å². The van der Waals surface area contributed by atoms with Gasteiger partial charge in [-0.3, -0.25) is 0 Å². The Morgan fingerprint density at radius 1 is 1.00 bits per heavy atom. The van der Waals surface area contributed by atoms with Crippen LogP contribution in [0.4, 0.5) is 5.69 Å². The molecule has 3 rings (SSSR count). The second kappa shape index (κ2) is 4.56. The molecule has 0 aromatic heterocycles. The summed E-state index contributed by atoms with van der Waals surface area (Å²) in [5.74, 6) is 0. The van der Waals surface area contributed by atoms with Crippen molar-refractivity contribution in [3.05, 3.63) is 57.1 Å². The molecule has 18 heavy (non-hydrogen) atoms. The standard InChI is InChI=1S/C15H11Br2N/c1-18-8-7-12-11(3-2-4-14(12)17)13-9-10(16)5-6-15(13)18/h2-9H,1H3. The zero-order chi connectivity index (χ0) is 12.7. The van der Waals surface area contributed by atoms with E-state index in [-0.39, 0.29) is 0 Å². The van der Waals surface area contributed by atoms with Crippen LogP contribution in [-0.4, -0.2) is 7.05 Å². The summed E-state index contributed by atoms with van der Waals surface area (Å²) in [6.07, 6.45) is 4.25. The predicted octanol–water partition coefficient (Wildman–Crippen LogP) is 5.30. The number of nitrogens with zero attached hydrogens (tertiary/aromatic N) is 1. The summed E-state index contributed by atoms with van der Waals surface area (Å²) < 4.78 is 2.22. The lowest BCUT2D eigenvalue weighted by molar-refractivity contribution is 1.22. The average molecular weight is 365 g/mol.